The number of pyridine rings is 1. The lowest BCUT2D eigenvalue weighted by molar-refractivity contribution is 0.0863. The lowest BCUT2D eigenvalue weighted by Gasteiger charge is -2.10. The Morgan fingerprint density at radius 3 is 2.84 bits per heavy atom. The van der Waals surface area contributed by atoms with E-state index in [1.807, 2.05) is 56.3 Å². The van der Waals surface area contributed by atoms with Gasteiger partial charge >= 0.3 is 0 Å². The Morgan fingerprint density at radius 2 is 2.03 bits per heavy atom. The van der Waals surface area contributed by atoms with Gasteiger partial charge < -0.3 is 9.57 Å². The van der Waals surface area contributed by atoms with Crippen LogP contribution in [0.5, 0.6) is 5.75 Å². The SMILES string of the molecule is CCOc1ccc2nc(NC(=O)c3cccn(OCc4cccc(C)c4)c3=O)sc2c1. The number of anilines is 1. The summed E-state index contributed by atoms with van der Waals surface area (Å²) in [7, 11) is 0. The van der Waals surface area contributed by atoms with Gasteiger partial charge in [-0.3, -0.25) is 14.9 Å². The van der Waals surface area contributed by atoms with Gasteiger partial charge in [0.15, 0.2) is 5.13 Å². The Balaban J connectivity index is 1.50. The first kappa shape index (κ1) is 20.6. The smallest absolute Gasteiger partial charge is 0.295 e. The molecule has 2 heterocycles. The van der Waals surface area contributed by atoms with Gasteiger partial charge in [-0.1, -0.05) is 41.2 Å². The van der Waals surface area contributed by atoms with E-state index in [-0.39, 0.29) is 12.2 Å². The summed E-state index contributed by atoms with van der Waals surface area (Å²) in [5.41, 5.74) is 2.22. The molecule has 0 saturated heterocycles. The molecular weight excluding hydrogens is 414 g/mol. The maximum absolute atomic E-state index is 12.7. The van der Waals surface area contributed by atoms with Crippen molar-refractivity contribution in [3.8, 4) is 5.75 Å². The first-order valence-corrected chi connectivity index (χ1v) is 10.6. The van der Waals surface area contributed by atoms with Gasteiger partial charge in [-0.15, -0.1) is 0 Å². The molecule has 7 nitrogen and oxygen atoms in total. The van der Waals surface area contributed by atoms with Crippen LogP contribution in [0.3, 0.4) is 0 Å². The van der Waals surface area contributed by atoms with Crippen LogP contribution in [0.15, 0.2) is 65.6 Å². The van der Waals surface area contributed by atoms with Crippen LogP contribution < -0.4 is 20.5 Å². The van der Waals surface area contributed by atoms with Crippen molar-refractivity contribution in [3.05, 3.63) is 87.8 Å². The number of aryl methyl sites for hydroxylation is 1. The summed E-state index contributed by atoms with van der Waals surface area (Å²) in [5, 5.41) is 3.11. The van der Waals surface area contributed by atoms with Crippen molar-refractivity contribution < 1.29 is 14.4 Å². The molecule has 1 N–H and O–H groups in total. The number of ether oxygens (including phenoxy) is 1. The monoisotopic (exact) mass is 435 g/mol. The van der Waals surface area contributed by atoms with Crippen molar-refractivity contribution in [2.75, 3.05) is 11.9 Å². The molecule has 31 heavy (non-hydrogen) atoms. The zero-order valence-electron chi connectivity index (χ0n) is 17.1. The molecule has 0 aliphatic heterocycles. The highest BCUT2D eigenvalue weighted by Gasteiger charge is 2.15. The third kappa shape index (κ3) is 4.75. The molecular formula is C23H21N3O4S. The Kier molecular flexibility index (Phi) is 5.99. The number of hydrogen-bond donors (Lipinski definition) is 1. The van der Waals surface area contributed by atoms with Gasteiger partial charge in [0.1, 0.15) is 17.9 Å². The Morgan fingerprint density at radius 1 is 1.16 bits per heavy atom. The molecule has 0 spiro atoms. The average molecular weight is 436 g/mol. The minimum absolute atomic E-state index is 0.0268. The number of aromatic nitrogens is 2. The molecule has 2 aromatic heterocycles. The zero-order chi connectivity index (χ0) is 21.8. The van der Waals surface area contributed by atoms with Crippen LogP contribution in [0.25, 0.3) is 10.2 Å². The van der Waals surface area contributed by atoms with E-state index in [0.717, 1.165) is 31.8 Å². The number of rotatable bonds is 7. The van der Waals surface area contributed by atoms with Gasteiger partial charge in [-0.25, -0.2) is 4.98 Å². The fraction of sp³-hybridized carbons (Fsp3) is 0.174. The summed E-state index contributed by atoms with van der Waals surface area (Å²) in [6.45, 7) is 4.69. The van der Waals surface area contributed by atoms with E-state index in [2.05, 4.69) is 10.3 Å². The molecule has 4 aromatic rings. The van der Waals surface area contributed by atoms with Crippen molar-refractivity contribution in [3.63, 3.8) is 0 Å². The molecule has 0 aliphatic rings. The van der Waals surface area contributed by atoms with E-state index in [1.54, 1.807) is 6.07 Å². The van der Waals surface area contributed by atoms with Crippen LogP contribution in [-0.2, 0) is 6.61 Å². The van der Waals surface area contributed by atoms with Crippen LogP contribution in [0, 0.1) is 6.92 Å². The largest absolute Gasteiger partial charge is 0.494 e. The quantitative estimate of drug-likeness (QED) is 0.474. The number of carbonyl (C=O) groups is 1. The molecule has 2 aromatic carbocycles. The third-order valence-corrected chi connectivity index (χ3v) is 5.44. The molecule has 0 unspecified atom stereocenters. The van der Waals surface area contributed by atoms with Crippen molar-refractivity contribution in [2.24, 2.45) is 0 Å². The number of amides is 1. The molecule has 1 amide bonds. The van der Waals surface area contributed by atoms with E-state index in [1.165, 1.54) is 23.6 Å². The topological polar surface area (TPSA) is 82.4 Å². The Hall–Kier alpha value is -3.65. The summed E-state index contributed by atoms with van der Waals surface area (Å²) in [6.07, 6.45) is 1.49. The maximum atomic E-state index is 12.7. The molecule has 8 heteroatoms. The maximum Gasteiger partial charge on any atom is 0.295 e. The molecule has 0 fully saturated rings. The second kappa shape index (κ2) is 9.01. The highest BCUT2D eigenvalue weighted by molar-refractivity contribution is 7.22. The average Bonchev–Trinajstić information content (AvgIpc) is 3.14. The van der Waals surface area contributed by atoms with E-state index >= 15 is 0 Å². The van der Waals surface area contributed by atoms with Gasteiger partial charge in [0.25, 0.3) is 11.5 Å². The highest BCUT2D eigenvalue weighted by atomic mass is 32.1. The fourth-order valence-electron chi connectivity index (χ4n) is 3.07. The van der Waals surface area contributed by atoms with Gasteiger partial charge in [0, 0.05) is 6.20 Å². The summed E-state index contributed by atoms with van der Waals surface area (Å²) in [5.74, 6) is 0.204. The normalized spacial score (nSPS) is 10.8. The molecule has 0 aliphatic carbocycles. The molecule has 4 rings (SSSR count). The van der Waals surface area contributed by atoms with Crippen LogP contribution in [0.1, 0.15) is 28.4 Å². The fourth-order valence-corrected chi connectivity index (χ4v) is 3.96. The minimum Gasteiger partial charge on any atom is -0.494 e. The van der Waals surface area contributed by atoms with E-state index in [4.69, 9.17) is 9.57 Å². The van der Waals surface area contributed by atoms with Crippen molar-refractivity contribution in [2.45, 2.75) is 20.5 Å². The first-order chi connectivity index (χ1) is 15.0. The number of benzene rings is 2. The number of fused-ring (bicyclic) bond motifs is 1. The van der Waals surface area contributed by atoms with Gasteiger partial charge in [0.05, 0.1) is 16.8 Å². The summed E-state index contributed by atoms with van der Waals surface area (Å²) in [6, 6.07) is 16.4. The van der Waals surface area contributed by atoms with Crippen molar-refractivity contribution in [1.29, 1.82) is 0 Å². The molecule has 0 radical (unpaired) electrons. The molecule has 0 bridgehead atoms. The van der Waals surface area contributed by atoms with Crippen molar-refractivity contribution in [1.82, 2.24) is 9.71 Å². The van der Waals surface area contributed by atoms with Crippen molar-refractivity contribution >= 4 is 32.6 Å². The van der Waals surface area contributed by atoms with Gasteiger partial charge in [-0.05, 0) is 49.7 Å². The Labute approximate surface area is 182 Å². The number of hydrogen-bond acceptors (Lipinski definition) is 6. The van der Waals surface area contributed by atoms with Gasteiger partial charge in [-0.2, -0.15) is 4.73 Å². The summed E-state index contributed by atoms with van der Waals surface area (Å²) >= 11 is 1.32. The predicted octanol–water partition coefficient (Wildman–Crippen LogP) is 4.05. The zero-order valence-corrected chi connectivity index (χ0v) is 17.9. The minimum atomic E-state index is -0.539. The Bertz CT molecular complexity index is 1300. The van der Waals surface area contributed by atoms with Crippen LogP contribution in [0.2, 0.25) is 0 Å². The number of carbonyl (C=O) groups excluding carboxylic acids is 1. The molecule has 0 atom stereocenters. The molecule has 0 saturated carbocycles. The van der Waals surface area contributed by atoms with E-state index in [0.29, 0.717) is 11.7 Å². The van der Waals surface area contributed by atoms with Crippen LogP contribution in [0.4, 0.5) is 5.13 Å². The third-order valence-electron chi connectivity index (χ3n) is 4.50. The number of nitrogens with one attached hydrogen (secondary N) is 1. The van der Waals surface area contributed by atoms with Crippen LogP contribution in [-0.4, -0.2) is 22.2 Å². The predicted molar refractivity (Wildman–Crippen MR) is 121 cm³/mol. The van der Waals surface area contributed by atoms with E-state index in [9.17, 15) is 9.59 Å². The first-order valence-electron chi connectivity index (χ1n) is 9.78. The number of thiazole rings is 1. The highest BCUT2D eigenvalue weighted by Crippen LogP contribution is 2.29. The van der Waals surface area contributed by atoms with E-state index < -0.39 is 11.5 Å². The van der Waals surface area contributed by atoms with Crippen LogP contribution >= 0.6 is 11.3 Å². The second-order valence-electron chi connectivity index (χ2n) is 6.85. The second-order valence-corrected chi connectivity index (χ2v) is 7.88. The lowest BCUT2D eigenvalue weighted by atomic mass is 10.1. The summed E-state index contributed by atoms with van der Waals surface area (Å²) < 4.78 is 7.45. The lowest BCUT2D eigenvalue weighted by Crippen LogP contribution is -2.32. The molecule has 158 valence electrons. The summed E-state index contributed by atoms with van der Waals surface area (Å²) in [4.78, 5) is 35.4. The number of nitrogens with zero attached hydrogens (tertiary/aromatic N) is 2. The standard InChI is InChI=1S/C23H21N3O4S/c1-3-29-17-9-10-19-20(13-17)31-23(24-19)25-21(27)18-8-5-11-26(22(18)28)30-14-16-7-4-6-15(2)12-16/h4-13H,3,14H2,1-2H3,(H,24,25,27). The van der Waals surface area contributed by atoms with Gasteiger partial charge in [0.2, 0.25) is 0 Å².